The van der Waals surface area contributed by atoms with Gasteiger partial charge in [-0.05, 0) is 48.2 Å². The summed E-state index contributed by atoms with van der Waals surface area (Å²) in [5.41, 5.74) is -0.941. The van der Waals surface area contributed by atoms with Crippen molar-refractivity contribution >= 4 is 23.0 Å². The molecule has 0 saturated carbocycles. The van der Waals surface area contributed by atoms with E-state index in [4.69, 9.17) is 9.98 Å². The number of rotatable bonds is 5. The first-order valence-corrected chi connectivity index (χ1v) is 11.8. The van der Waals surface area contributed by atoms with Crippen LogP contribution in [0.1, 0.15) is 38.8 Å². The van der Waals surface area contributed by atoms with E-state index in [9.17, 15) is 26.3 Å². The van der Waals surface area contributed by atoms with Crippen LogP contribution in [0.15, 0.2) is 58.5 Å². The number of benzene rings is 2. The summed E-state index contributed by atoms with van der Waals surface area (Å²) in [6, 6.07) is 9.59. The van der Waals surface area contributed by atoms with Crippen molar-refractivity contribution in [3.05, 3.63) is 59.7 Å². The van der Waals surface area contributed by atoms with Crippen LogP contribution in [0.5, 0.6) is 0 Å². The third-order valence-electron chi connectivity index (χ3n) is 6.54. The molecule has 36 heavy (non-hydrogen) atoms. The summed E-state index contributed by atoms with van der Waals surface area (Å²) in [5.74, 6) is 0.934. The molecule has 2 aliphatic heterocycles. The van der Waals surface area contributed by atoms with Crippen molar-refractivity contribution in [1.29, 1.82) is 0 Å². The molecule has 194 valence electrons. The van der Waals surface area contributed by atoms with Crippen molar-refractivity contribution in [1.82, 2.24) is 0 Å². The fourth-order valence-electron chi connectivity index (χ4n) is 4.31. The largest absolute Gasteiger partial charge is 0.416 e. The van der Waals surface area contributed by atoms with E-state index in [-0.39, 0.29) is 23.9 Å². The third-order valence-corrected chi connectivity index (χ3v) is 6.54. The van der Waals surface area contributed by atoms with Gasteiger partial charge in [0, 0.05) is 24.5 Å². The predicted octanol–water partition coefficient (Wildman–Crippen LogP) is 6.91. The monoisotopic (exact) mass is 510 g/mol. The Hall–Kier alpha value is -3.04. The molecule has 4 nitrogen and oxygen atoms in total. The van der Waals surface area contributed by atoms with Gasteiger partial charge in [-0.25, -0.2) is 0 Å². The summed E-state index contributed by atoms with van der Waals surface area (Å²) < 4.78 is 80.7. The molecule has 10 heteroatoms. The van der Waals surface area contributed by atoms with Gasteiger partial charge >= 0.3 is 12.4 Å². The van der Waals surface area contributed by atoms with Gasteiger partial charge in [0.25, 0.3) is 0 Å². The Labute approximate surface area is 206 Å². The first-order valence-electron chi connectivity index (χ1n) is 11.8. The number of amidine groups is 2. The molecule has 0 saturated heterocycles. The SMILES string of the molecule is CC(C)[C@@H]1CN(c2cccc(C(F)(F)F)c2)C(C2=N[C@@H](C(C)C)CN2c2cccc(C(F)(F)F)c2)=N1. The van der Waals surface area contributed by atoms with E-state index in [1.165, 1.54) is 12.1 Å². The van der Waals surface area contributed by atoms with Gasteiger partial charge in [0.15, 0.2) is 11.7 Å². The zero-order valence-corrected chi connectivity index (χ0v) is 20.4. The standard InChI is InChI=1S/C26H28F6N4/c1-15(2)21-13-35(19-9-5-7-17(11-19)25(27,28)29)23(33-21)24-34-22(16(3)4)14-36(24)20-10-6-8-18(12-20)26(30,31)32/h5-12,15-16,21-22H,13-14H2,1-4H3/t21-,22+. The average Bonchev–Trinajstić information content (AvgIpc) is 3.43. The molecule has 2 aromatic rings. The molecular formula is C26H28F6N4. The average molecular weight is 511 g/mol. The van der Waals surface area contributed by atoms with Gasteiger partial charge in [-0.1, -0.05) is 39.8 Å². The minimum Gasteiger partial charge on any atom is -0.321 e. The summed E-state index contributed by atoms with van der Waals surface area (Å²) in [5, 5.41) is 0. The van der Waals surface area contributed by atoms with Crippen LogP contribution in [0.3, 0.4) is 0 Å². The van der Waals surface area contributed by atoms with Gasteiger partial charge in [-0.2, -0.15) is 26.3 Å². The van der Waals surface area contributed by atoms with Crippen molar-refractivity contribution in [2.24, 2.45) is 21.8 Å². The smallest absolute Gasteiger partial charge is 0.321 e. The van der Waals surface area contributed by atoms with Gasteiger partial charge < -0.3 is 9.80 Å². The summed E-state index contributed by atoms with van der Waals surface area (Å²) in [7, 11) is 0. The number of alkyl halides is 6. The molecule has 0 spiro atoms. The molecule has 0 fully saturated rings. The Morgan fingerprint density at radius 2 is 1.03 bits per heavy atom. The maximum Gasteiger partial charge on any atom is 0.416 e. The summed E-state index contributed by atoms with van der Waals surface area (Å²) >= 11 is 0. The van der Waals surface area contributed by atoms with Crippen molar-refractivity contribution in [2.75, 3.05) is 22.9 Å². The lowest BCUT2D eigenvalue weighted by Crippen LogP contribution is -2.42. The zero-order chi connectivity index (χ0) is 26.4. The minimum atomic E-state index is -4.51. The fourth-order valence-corrected chi connectivity index (χ4v) is 4.31. The molecular weight excluding hydrogens is 482 g/mol. The van der Waals surface area contributed by atoms with E-state index in [2.05, 4.69) is 0 Å². The minimum absolute atomic E-state index is 0.0979. The molecule has 0 amide bonds. The highest BCUT2D eigenvalue weighted by molar-refractivity contribution is 6.50. The number of halogens is 6. The normalized spacial score (nSPS) is 21.0. The Morgan fingerprint density at radius 3 is 1.33 bits per heavy atom. The number of anilines is 2. The van der Waals surface area contributed by atoms with E-state index in [0.29, 0.717) is 36.1 Å². The predicted molar refractivity (Wildman–Crippen MR) is 130 cm³/mol. The molecule has 0 unspecified atom stereocenters. The van der Waals surface area contributed by atoms with Crippen molar-refractivity contribution in [2.45, 2.75) is 52.1 Å². The molecule has 0 aliphatic carbocycles. The van der Waals surface area contributed by atoms with Crippen molar-refractivity contribution in [3.8, 4) is 0 Å². The second kappa shape index (κ2) is 9.44. The number of nitrogens with zero attached hydrogens (tertiary/aromatic N) is 4. The maximum absolute atomic E-state index is 13.4. The quantitative estimate of drug-likeness (QED) is 0.410. The lowest BCUT2D eigenvalue weighted by atomic mass is 10.1. The Bertz CT molecular complexity index is 1070. The summed E-state index contributed by atoms with van der Waals surface area (Å²) in [4.78, 5) is 13.0. The topological polar surface area (TPSA) is 31.2 Å². The molecule has 2 atom stereocenters. The highest BCUT2D eigenvalue weighted by atomic mass is 19.4. The molecule has 4 rings (SSSR count). The Balaban J connectivity index is 1.80. The highest BCUT2D eigenvalue weighted by Gasteiger charge is 2.40. The van der Waals surface area contributed by atoms with Crippen LogP contribution in [-0.4, -0.2) is 36.8 Å². The van der Waals surface area contributed by atoms with Crippen molar-refractivity contribution in [3.63, 3.8) is 0 Å². The Kier molecular flexibility index (Phi) is 6.83. The van der Waals surface area contributed by atoms with Crippen LogP contribution in [0, 0.1) is 11.8 Å². The van der Waals surface area contributed by atoms with E-state index >= 15 is 0 Å². The van der Waals surface area contributed by atoms with Gasteiger partial charge in [-0.15, -0.1) is 0 Å². The molecule has 0 aromatic heterocycles. The first-order chi connectivity index (χ1) is 16.8. The lowest BCUT2D eigenvalue weighted by Gasteiger charge is -2.27. The van der Waals surface area contributed by atoms with Crippen molar-refractivity contribution < 1.29 is 26.3 Å². The lowest BCUT2D eigenvalue weighted by molar-refractivity contribution is -0.138. The van der Waals surface area contributed by atoms with Crippen LogP contribution < -0.4 is 9.80 Å². The molecule has 2 aliphatic rings. The Morgan fingerprint density at radius 1 is 0.667 bits per heavy atom. The molecule has 2 aromatic carbocycles. The number of hydrogen-bond acceptors (Lipinski definition) is 4. The van der Waals surface area contributed by atoms with E-state index in [1.807, 2.05) is 27.7 Å². The van der Waals surface area contributed by atoms with E-state index < -0.39 is 23.5 Å². The maximum atomic E-state index is 13.4. The summed E-state index contributed by atoms with van der Waals surface area (Å²) in [6.07, 6.45) is -9.02. The van der Waals surface area contributed by atoms with Crippen LogP contribution in [0.25, 0.3) is 0 Å². The van der Waals surface area contributed by atoms with Crippen LogP contribution >= 0.6 is 0 Å². The second-order valence-electron chi connectivity index (χ2n) is 9.85. The highest BCUT2D eigenvalue weighted by Crippen LogP contribution is 2.36. The summed E-state index contributed by atoms with van der Waals surface area (Å²) in [6.45, 7) is 8.57. The zero-order valence-electron chi connectivity index (χ0n) is 20.4. The van der Waals surface area contributed by atoms with Crippen LogP contribution in [-0.2, 0) is 12.4 Å². The van der Waals surface area contributed by atoms with Crippen LogP contribution in [0.2, 0.25) is 0 Å². The van der Waals surface area contributed by atoms with E-state index in [0.717, 1.165) is 24.3 Å². The molecule has 2 heterocycles. The van der Waals surface area contributed by atoms with Gasteiger partial charge in [-0.3, -0.25) is 9.98 Å². The van der Waals surface area contributed by atoms with Gasteiger partial charge in [0.2, 0.25) is 0 Å². The van der Waals surface area contributed by atoms with Gasteiger partial charge in [0.05, 0.1) is 23.2 Å². The second-order valence-corrected chi connectivity index (χ2v) is 9.85. The third kappa shape index (κ3) is 5.22. The number of aliphatic imine (C=N–C) groups is 2. The first kappa shape index (κ1) is 26.0. The number of hydrogen-bond donors (Lipinski definition) is 0. The molecule has 0 radical (unpaired) electrons. The molecule has 0 N–H and O–H groups in total. The molecule has 0 bridgehead atoms. The fraction of sp³-hybridized carbons (Fsp3) is 0.462. The van der Waals surface area contributed by atoms with Crippen LogP contribution in [0.4, 0.5) is 37.7 Å². The van der Waals surface area contributed by atoms with E-state index in [1.54, 1.807) is 21.9 Å². The van der Waals surface area contributed by atoms with Gasteiger partial charge in [0.1, 0.15) is 0 Å².